The van der Waals surface area contributed by atoms with E-state index in [2.05, 4.69) is 0 Å². The summed E-state index contributed by atoms with van der Waals surface area (Å²) >= 11 is 5.69. The third-order valence-corrected chi connectivity index (χ3v) is 5.28. The predicted molar refractivity (Wildman–Crippen MR) is 67.7 cm³/mol. The minimum atomic E-state index is -3.35. The minimum absolute atomic E-state index is 0.0289. The van der Waals surface area contributed by atoms with Crippen LogP contribution >= 0.6 is 11.6 Å². The molecule has 1 heterocycles. The van der Waals surface area contributed by atoms with Crippen LogP contribution in [0.2, 0.25) is 5.02 Å². The average Bonchev–Trinajstić information content (AvgIpc) is 2.64. The van der Waals surface area contributed by atoms with E-state index in [0.29, 0.717) is 0 Å². The van der Waals surface area contributed by atoms with E-state index in [1.165, 1.54) is 6.07 Å². The van der Waals surface area contributed by atoms with E-state index in [9.17, 15) is 23.2 Å². The number of halogens is 2. The van der Waals surface area contributed by atoms with Crippen LogP contribution in [0.5, 0.6) is 0 Å². The number of benzene rings is 1. The Morgan fingerprint density at radius 3 is 2.63 bits per heavy atom. The molecule has 1 aromatic rings. The second kappa shape index (κ2) is 4.75. The molecular weight excluding hydrogens is 293 g/mol. The number of hydrogen-bond acceptors (Lipinski definition) is 4. The fraction of sp³-hybridized carbons (Fsp3) is 0.417. The maximum absolute atomic E-state index is 13.3. The number of aliphatic hydroxyl groups excluding tert-OH is 1. The number of nitrogens with zero attached hydrogens (tertiary/aromatic N) is 1. The van der Waals surface area contributed by atoms with Crippen LogP contribution in [-0.2, 0) is 9.84 Å². The van der Waals surface area contributed by atoms with Gasteiger partial charge in [0.1, 0.15) is 11.2 Å². The first-order valence-electron chi connectivity index (χ1n) is 5.54. The van der Waals surface area contributed by atoms with Crippen LogP contribution in [0, 0.1) is 22.6 Å². The zero-order chi connectivity index (χ0) is 14.3. The van der Waals surface area contributed by atoms with Crippen LogP contribution in [0.1, 0.15) is 18.1 Å². The third-order valence-electron chi connectivity index (χ3n) is 3.28. The summed E-state index contributed by atoms with van der Waals surface area (Å²) in [6, 6.07) is 5.34. The number of nitriles is 1. The van der Waals surface area contributed by atoms with Crippen LogP contribution in [0.15, 0.2) is 18.2 Å². The van der Waals surface area contributed by atoms with Crippen molar-refractivity contribution in [1.29, 1.82) is 5.26 Å². The molecule has 4 nitrogen and oxygen atoms in total. The lowest BCUT2D eigenvalue weighted by Gasteiger charge is -2.26. The molecule has 0 aliphatic carbocycles. The van der Waals surface area contributed by atoms with Gasteiger partial charge in [-0.2, -0.15) is 5.26 Å². The molecule has 1 saturated heterocycles. The van der Waals surface area contributed by atoms with E-state index in [1.807, 2.05) is 6.07 Å². The van der Waals surface area contributed by atoms with Crippen molar-refractivity contribution in [3.05, 3.63) is 34.6 Å². The quantitative estimate of drug-likeness (QED) is 0.904. The second-order valence-electron chi connectivity index (χ2n) is 4.72. The molecule has 102 valence electrons. The molecule has 1 N–H and O–H groups in total. The zero-order valence-corrected chi connectivity index (χ0v) is 11.4. The SMILES string of the molecule is N#CC1(C(O)c2cc(F)cc(Cl)c2)CCS(=O)(=O)C1. The molecule has 0 spiro atoms. The maximum atomic E-state index is 13.3. The van der Waals surface area contributed by atoms with Crippen molar-refractivity contribution in [2.75, 3.05) is 11.5 Å². The molecule has 7 heteroatoms. The van der Waals surface area contributed by atoms with Crippen LogP contribution in [0.3, 0.4) is 0 Å². The van der Waals surface area contributed by atoms with Gasteiger partial charge in [-0.15, -0.1) is 0 Å². The van der Waals surface area contributed by atoms with Crippen LogP contribution in [0.25, 0.3) is 0 Å². The highest BCUT2D eigenvalue weighted by Crippen LogP contribution is 2.43. The summed E-state index contributed by atoms with van der Waals surface area (Å²) < 4.78 is 36.3. The molecule has 0 amide bonds. The van der Waals surface area contributed by atoms with Gasteiger partial charge < -0.3 is 5.11 Å². The molecule has 0 bridgehead atoms. The Hall–Kier alpha value is -1.16. The number of rotatable bonds is 2. The Kier molecular flexibility index (Phi) is 3.56. The first-order valence-corrected chi connectivity index (χ1v) is 7.74. The number of aliphatic hydroxyl groups is 1. The molecule has 0 radical (unpaired) electrons. The van der Waals surface area contributed by atoms with E-state index in [-0.39, 0.29) is 22.8 Å². The van der Waals surface area contributed by atoms with Crippen LogP contribution < -0.4 is 0 Å². The highest BCUT2D eigenvalue weighted by molar-refractivity contribution is 7.91. The van der Waals surface area contributed by atoms with Gasteiger partial charge in [0.05, 0.1) is 23.7 Å². The van der Waals surface area contributed by atoms with E-state index >= 15 is 0 Å². The fourth-order valence-corrected chi connectivity index (χ4v) is 4.49. The van der Waals surface area contributed by atoms with Crippen molar-refractivity contribution in [1.82, 2.24) is 0 Å². The Morgan fingerprint density at radius 2 is 2.16 bits per heavy atom. The van der Waals surface area contributed by atoms with Gasteiger partial charge in [-0.05, 0) is 30.2 Å². The molecule has 19 heavy (non-hydrogen) atoms. The van der Waals surface area contributed by atoms with Crippen LogP contribution in [-0.4, -0.2) is 25.0 Å². The van der Waals surface area contributed by atoms with Gasteiger partial charge in [-0.25, -0.2) is 12.8 Å². The average molecular weight is 304 g/mol. The minimum Gasteiger partial charge on any atom is -0.387 e. The lowest BCUT2D eigenvalue weighted by molar-refractivity contribution is 0.0790. The molecule has 1 fully saturated rings. The maximum Gasteiger partial charge on any atom is 0.152 e. The Bertz CT molecular complexity index is 635. The number of hydrogen-bond donors (Lipinski definition) is 1. The summed E-state index contributed by atoms with van der Waals surface area (Å²) in [7, 11) is -3.35. The predicted octanol–water partition coefficient (Wildman–Crippen LogP) is 1.84. The summed E-state index contributed by atoms with van der Waals surface area (Å²) in [5, 5.41) is 19.5. The van der Waals surface area contributed by atoms with Gasteiger partial charge in [-0.3, -0.25) is 0 Å². The summed E-state index contributed by atoms with van der Waals surface area (Å²) in [5.41, 5.74) is -1.32. The van der Waals surface area contributed by atoms with Gasteiger partial charge in [0.25, 0.3) is 0 Å². The number of sulfone groups is 1. The first kappa shape index (κ1) is 14.3. The van der Waals surface area contributed by atoms with Gasteiger partial charge in [0, 0.05) is 5.02 Å². The normalized spacial score (nSPS) is 26.8. The van der Waals surface area contributed by atoms with Crippen molar-refractivity contribution >= 4 is 21.4 Å². The highest BCUT2D eigenvalue weighted by atomic mass is 35.5. The van der Waals surface area contributed by atoms with E-state index in [1.54, 1.807) is 0 Å². The van der Waals surface area contributed by atoms with Crippen molar-refractivity contribution in [3.8, 4) is 6.07 Å². The lowest BCUT2D eigenvalue weighted by atomic mass is 9.80. The molecule has 2 unspecified atom stereocenters. The standard InChI is InChI=1S/C12H11ClFNO3S/c13-9-3-8(4-10(14)5-9)11(16)12(6-15)1-2-19(17,18)7-12/h3-5,11,16H,1-2,7H2. The molecule has 1 aromatic carbocycles. The Balaban J connectivity index is 2.43. The summed E-state index contributed by atoms with van der Waals surface area (Å²) in [5.74, 6) is -1.22. The van der Waals surface area contributed by atoms with Crippen molar-refractivity contribution < 1.29 is 17.9 Å². The molecule has 2 atom stereocenters. The molecule has 0 saturated carbocycles. The lowest BCUT2D eigenvalue weighted by Crippen LogP contribution is -2.29. The van der Waals surface area contributed by atoms with Gasteiger partial charge in [0.2, 0.25) is 0 Å². The largest absolute Gasteiger partial charge is 0.387 e. The second-order valence-corrected chi connectivity index (χ2v) is 7.34. The summed E-state index contributed by atoms with van der Waals surface area (Å²) in [6.07, 6.45) is -1.36. The highest BCUT2D eigenvalue weighted by Gasteiger charge is 2.48. The van der Waals surface area contributed by atoms with E-state index < -0.39 is 32.9 Å². The summed E-state index contributed by atoms with van der Waals surface area (Å²) in [4.78, 5) is 0. The van der Waals surface area contributed by atoms with Crippen molar-refractivity contribution in [2.45, 2.75) is 12.5 Å². The molecule has 1 aliphatic heterocycles. The van der Waals surface area contributed by atoms with Crippen molar-refractivity contribution in [2.24, 2.45) is 5.41 Å². The van der Waals surface area contributed by atoms with Gasteiger partial charge in [0.15, 0.2) is 9.84 Å². The van der Waals surface area contributed by atoms with Gasteiger partial charge >= 0.3 is 0 Å². The fourth-order valence-electron chi connectivity index (χ4n) is 2.29. The Morgan fingerprint density at radius 1 is 1.47 bits per heavy atom. The van der Waals surface area contributed by atoms with Crippen LogP contribution in [0.4, 0.5) is 4.39 Å². The van der Waals surface area contributed by atoms with Gasteiger partial charge in [-0.1, -0.05) is 11.6 Å². The van der Waals surface area contributed by atoms with Crippen molar-refractivity contribution in [3.63, 3.8) is 0 Å². The topological polar surface area (TPSA) is 78.2 Å². The van der Waals surface area contributed by atoms with E-state index in [4.69, 9.17) is 11.6 Å². The molecule has 1 aliphatic rings. The van der Waals surface area contributed by atoms with E-state index in [0.717, 1.165) is 12.1 Å². The summed E-state index contributed by atoms with van der Waals surface area (Å²) in [6.45, 7) is 0. The molecule has 0 aromatic heterocycles. The monoisotopic (exact) mass is 303 g/mol. The zero-order valence-electron chi connectivity index (χ0n) is 9.81. The third kappa shape index (κ3) is 2.73. The Labute approximate surface area is 115 Å². The first-order chi connectivity index (χ1) is 8.78. The smallest absolute Gasteiger partial charge is 0.152 e. The molecule has 2 rings (SSSR count). The molecular formula is C12H11ClFNO3S.